The molecule has 36 heavy (non-hydrogen) atoms. The number of anilines is 1. The van der Waals surface area contributed by atoms with Crippen LogP contribution < -0.4 is 16.2 Å². The largest absolute Gasteiger partial charge is 0.446 e. The van der Waals surface area contributed by atoms with Crippen LogP contribution >= 0.6 is 0 Å². The first-order valence-electron chi connectivity index (χ1n) is 12.5. The molecule has 0 spiro atoms. The molecule has 0 radical (unpaired) electrons. The van der Waals surface area contributed by atoms with Crippen molar-refractivity contribution in [1.82, 2.24) is 20.1 Å². The highest BCUT2D eigenvalue weighted by Gasteiger charge is 2.50. The number of aromatic amines is 1. The molecule has 2 aromatic heterocycles. The summed E-state index contributed by atoms with van der Waals surface area (Å²) in [5, 5.41) is 9.84. The Morgan fingerprint density at radius 1 is 1.22 bits per heavy atom. The van der Waals surface area contributed by atoms with Crippen LogP contribution in [0, 0.1) is 24.7 Å². The van der Waals surface area contributed by atoms with Crippen molar-refractivity contribution >= 4 is 17.7 Å². The smallest absolute Gasteiger partial charge is 0.408 e. The first kappa shape index (κ1) is 24.5. The summed E-state index contributed by atoms with van der Waals surface area (Å²) in [7, 11) is 0. The molecule has 0 saturated heterocycles. The molecule has 0 bridgehead atoms. The third kappa shape index (κ3) is 5.44. The Kier molecular flexibility index (Phi) is 6.34. The second-order valence-electron chi connectivity index (χ2n) is 10.5. The Morgan fingerprint density at radius 3 is 2.50 bits per heavy atom. The number of amides is 2. The van der Waals surface area contributed by atoms with Gasteiger partial charge in [-0.05, 0) is 68.9 Å². The van der Waals surface area contributed by atoms with Gasteiger partial charge in [0, 0.05) is 30.8 Å². The highest BCUT2D eigenvalue weighted by atomic mass is 19.3. The second-order valence-corrected chi connectivity index (χ2v) is 10.5. The van der Waals surface area contributed by atoms with E-state index in [-0.39, 0.29) is 17.5 Å². The number of nitrogens with zero attached hydrogens (tertiary/aromatic N) is 2. The van der Waals surface area contributed by atoms with Crippen molar-refractivity contribution in [1.29, 1.82) is 0 Å². The van der Waals surface area contributed by atoms with E-state index in [0.717, 1.165) is 31.2 Å². The average Bonchev–Trinajstić information content (AvgIpc) is 3.73. The zero-order valence-corrected chi connectivity index (χ0v) is 20.3. The van der Waals surface area contributed by atoms with Crippen LogP contribution in [-0.2, 0) is 9.53 Å². The lowest BCUT2D eigenvalue weighted by Crippen LogP contribution is -2.52. The van der Waals surface area contributed by atoms with E-state index in [0.29, 0.717) is 23.1 Å². The van der Waals surface area contributed by atoms with Gasteiger partial charge in [-0.2, -0.15) is 5.10 Å². The summed E-state index contributed by atoms with van der Waals surface area (Å²) in [6.07, 6.45) is 6.09. The minimum absolute atomic E-state index is 0.0276. The highest BCUT2D eigenvalue weighted by Crippen LogP contribution is 2.51. The molecule has 0 aromatic carbocycles. The van der Waals surface area contributed by atoms with Crippen molar-refractivity contribution in [2.24, 2.45) is 17.8 Å². The van der Waals surface area contributed by atoms with Gasteiger partial charge in [-0.25, -0.2) is 13.6 Å². The molecule has 2 unspecified atom stereocenters. The molecule has 2 atom stereocenters. The molecular weight excluding hydrogens is 472 g/mol. The SMILES string of the molecule is Cc1c[nH]c(=O)c(C(C)n2cc(NC(=O)C(NC(=O)OC3CC(F)(F)C3)C(C3CC3)C3CC3)cn2)c1. The highest BCUT2D eigenvalue weighted by molar-refractivity contribution is 5.96. The number of pyridine rings is 1. The van der Waals surface area contributed by atoms with Crippen LogP contribution in [0.15, 0.2) is 29.5 Å². The maximum absolute atomic E-state index is 13.4. The number of hydrogen-bond acceptors (Lipinski definition) is 5. The fourth-order valence-electron chi connectivity index (χ4n) is 5.13. The van der Waals surface area contributed by atoms with Crippen LogP contribution in [0.25, 0.3) is 0 Å². The summed E-state index contributed by atoms with van der Waals surface area (Å²) in [5.41, 5.74) is 1.68. The lowest BCUT2D eigenvalue weighted by molar-refractivity contribution is -0.145. The monoisotopic (exact) mass is 503 g/mol. The van der Waals surface area contributed by atoms with Crippen LogP contribution in [0.4, 0.5) is 19.3 Å². The van der Waals surface area contributed by atoms with E-state index in [1.165, 1.54) is 6.20 Å². The quantitative estimate of drug-likeness (QED) is 0.482. The van der Waals surface area contributed by atoms with Gasteiger partial charge in [0.05, 0.1) is 17.9 Å². The number of ether oxygens (including phenoxy) is 1. The molecule has 3 aliphatic carbocycles. The number of H-pyrrole nitrogens is 1. The van der Waals surface area contributed by atoms with Crippen LogP contribution in [-0.4, -0.2) is 44.8 Å². The lowest BCUT2D eigenvalue weighted by Gasteiger charge is -2.35. The lowest BCUT2D eigenvalue weighted by atomic mass is 9.88. The van der Waals surface area contributed by atoms with Crippen molar-refractivity contribution in [2.45, 2.75) is 76.5 Å². The molecule has 2 heterocycles. The fourth-order valence-corrected chi connectivity index (χ4v) is 5.13. The van der Waals surface area contributed by atoms with Crippen LogP contribution in [0.1, 0.15) is 62.6 Å². The molecule has 3 fully saturated rings. The summed E-state index contributed by atoms with van der Waals surface area (Å²) < 4.78 is 33.0. The molecule has 0 aliphatic heterocycles. The van der Waals surface area contributed by atoms with E-state index in [1.54, 1.807) is 23.1 Å². The predicted octanol–water partition coefficient (Wildman–Crippen LogP) is 3.76. The number of rotatable bonds is 9. The molecule has 2 amide bonds. The summed E-state index contributed by atoms with van der Waals surface area (Å²) in [6.45, 7) is 3.72. The normalized spacial score (nSPS) is 20.9. The van der Waals surface area contributed by atoms with Crippen LogP contribution in [0.5, 0.6) is 0 Å². The van der Waals surface area contributed by atoms with E-state index in [4.69, 9.17) is 4.74 Å². The van der Waals surface area contributed by atoms with Gasteiger partial charge in [-0.15, -0.1) is 0 Å². The number of aryl methyl sites for hydroxylation is 1. The van der Waals surface area contributed by atoms with Crippen molar-refractivity contribution in [2.75, 3.05) is 5.32 Å². The molecule has 9 nitrogen and oxygen atoms in total. The molecule has 5 rings (SSSR count). The molecule has 194 valence electrons. The number of carbonyl (C=O) groups is 2. The fraction of sp³-hybridized carbons (Fsp3) is 0.600. The molecule has 3 N–H and O–H groups in total. The topological polar surface area (TPSA) is 118 Å². The summed E-state index contributed by atoms with van der Waals surface area (Å²) >= 11 is 0. The molecule has 3 saturated carbocycles. The third-order valence-electron chi connectivity index (χ3n) is 7.39. The van der Waals surface area contributed by atoms with Gasteiger partial charge in [0.2, 0.25) is 5.91 Å². The zero-order valence-electron chi connectivity index (χ0n) is 20.3. The van der Waals surface area contributed by atoms with Gasteiger partial charge in [-0.3, -0.25) is 14.3 Å². The van der Waals surface area contributed by atoms with Gasteiger partial charge in [-0.1, -0.05) is 0 Å². The number of hydrogen-bond donors (Lipinski definition) is 3. The Labute approximate surface area is 207 Å². The van der Waals surface area contributed by atoms with Gasteiger partial charge in [0.1, 0.15) is 12.1 Å². The molecule has 11 heteroatoms. The van der Waals surface area contributed by atoms with Gasteiger partial charge >= 0.3 is 6.09 Å². The van der Waals surface area contributed by atoms with Crippen molar-refractivity contribution in [3.63, 3.8) is 0 Å². The van der Waals surface area contributed by atoms with E-state index in [2.05, 4.69) is 20.7 Å². The van der Waals surface area contributed by atoms with E-state index in [1.807, 2.05) is 13.8 Å². The van der Waals surface area contributed by atoms with E-state index < -0.39 is 42.9 Å². The predicted molar refractivity (Wildman–Crippen MR) is 127 cm³/mol. The second kappa shape index (κ2) is 9.33. The van der Waals surface area contributed by atoms with Gasteiger partial charge in [0.25, 0.3) is 11.5 Å². The Morgan fingerprint density at radius 2 is 1.89 bits per heavy atom. The minimum atomic E-state index is -2.80. The van der Waals surface area contributed by atoms with Crippen molar-refractivity contribution < 1.29 is 23.1 Å². The zero-order chi connectivity index (χ0) is 25.6. The van der Waals surface area contributed by atoms with Gasteiger partial charge in [0.15, 0.2) is 0 Å². The number of alkyl carbamates (subject to hydrolysis) is 1. The maximum Gasteiger partial charge on any atom is 0.408 e. The minimum Gasteiger partial charge on any atom is -0.446 e. The first-order valence-corrected chi connectivity index (χ1v) is 12.5. The number of carbonyl (C=O) groups excluding carboxylic acids is 2. The van der Waals surface area contributed by atoms with Crippen LogP contribution in [0.2, 0.25) is 0 Å². The molecular formula is C25H31F2N5O4. The van der Waals surface area contributed by atoms with Crippen molar-refractivity contribution in [3.05, 3.63) is 46.1 Å². The third-order valence-corrected chi connectivity index (χ3v) is 7.39. The summed E-state index contributed by atoms with van der Waals surface area (Å²) in [6, 6.07) is 0.594. The number of aromatic nitrogens is 3. The van der Waals surface area contributed by atoms with E-state index >= 15 is 0 Å². The summed E-state index contributed by atoms with van der Waals surface area (Å²) in [5.74, 6) is -2.53. The average molecular weight is 504 g/mol. The number of nitrogens with one attached hydrogen (secondary N) is 3. The Balaban J connectivity index is 1.28. The van der Waals surface area contributed by atoms with E-state index in [9.17, 15) is 23.2 Å². The van der Waals surface area contributed by atoms with Gasteiger partial charge < -0.3 is 20.4 Å². The molecule has 3 aliphatic rings. The molecule has 2 aromatic rings. The Bertz CT molecular complexity index is 1180. The Hall–Kier alpha value is -3.24. The number of alkyl halides is 2. The maximum atomic E-state index is 13.4. The van der Waals surface area contributed by atoms with Crippen LogP contribution in [0.3, 0.4) is 0 Å². The standard InChI is InChI=1S/C25H31F2N5O4/c1-13-7-19(22(33)28-10-13)14(2)32-12-17(11-29-32)30-23(34)21(20(15-3-4-15)16-5-6-16)31-24(35)36-18-8-25(26,27)9-18/h7,10-12,14-16,18,20-21H,3-6,8-9H2,1-2H3,(H,28,33)(H,30,34)(H,31,35). The first-order chi connectivity index (χ1) is 17.1. The summed E-state index contributed by atoms with van der Waals surface area (Å²) in [4.78, 5) is 40.9. The van der Waals surface area contributed by atoms with Crippen molar-refractivity contribution in [3.8, 4) is 0 Å². The number of halogens is 2.